The van der Waals surface area contributed by atoms with E-state index >= 15 is 0 Å². The molecule has 1 spiro atoms. The molecule has 7 heteroatoms. The second-order valence-electron chi connectivity index (χ2n) is 7.41. The molecule has 4 rings (SSSR count). The first-order valence-electron chi connectivity index (χ1n) is 8.98. The van der Waals surface area contributed by atoms with Gasteiger partial charge in [0.15, 0.2) is 12.1 Å². The number of nitrogens with zero attached hydrogens (tertiary/aromatic N) is 3. The highest BCUT2D eigenvalue weighted by Gasteiger charge is 2.58. The SMILES string of the molecule is CC(=O)N(Cc1ccsc1)[C@H]1CC12CCN(C(=O)c1ncoc1C)CC2. The first-order chi connectivity index (χ1) is 12.5. The molecule has 0 bridgehead atoms. The molecule has 1 saturated heterocycles. The van der Waals surface area contributed by atoms with Gasteiger partial charge in [0.25, 0.3) is 5.91 Å². The minimum Gasteiger partial charge on any atom is -0.448 e. The van der Waals surface area contributed by atoms with Crippen LogP contribution in [0.3, 0.4) is 0 Å². The molecule has 26 heavy (non-hydrogen) atoms. The lowest BCUT2D eigenvalue weighted by Gasteiger charge is -2.34. The molecule has 1 aliphatic carbocycles. The lowest BCUT2D eigenvalue weighted by molar-refractivity contribution is -0.130. The van der Waals surface area contributed by atoms with Crippen molar-refractivity contribution in [2.45, 2.75) is 45.7 Å². The molecular weight excluding hydrogens is 350 g/mol. The Bertz CT molecular complexity index is 806. The Labute approximate surface area is 156 Å². The summed E-state index contributed by atoms with van der Waals surface area (Å²) in [5.41, 5.74) is 1.79. The van der Waals surface area contributed by atoms with Crippen molar-refractivity contribution in [2.24, 2.45) is 5.41 Å². The minimum atomic E-state index is -0.0509. The second-order valence-corrected chi connectivity index (χ2v) is 8.19. The third-order valence-electron chi connectivity index (χ3n) is 5.85. The van der Waals surface area contributed by atoms with Crippen molar-refractivity contribution in [1.29, 1.82) is 0 Å². The maximum Gasteiger partial charge on any atom is 0.276 e. The van der Waals surface area contributed by atoms with Crippen LogP contribution in [0, 0.1) is 12.3 Å². The van der Waals surface area contributed by atoms with Gasteiger partial charge in [0, 0.05) is 32.6 Å². The molecule has 6 nitrogen and oxygen atoms in total. The zero-order chi connectivity index (χ0) is 18.3. The number of carbonyl (C=O) groups excluding carboxylic acids is 2. The van der Waals surface area contributed by atoms with Gasteiger partial charge < -0.3 is 14.2 Å². The molecule has 0 aromatic carbocycles. The van der Waals surface area contributed by atoms with Crippen molar-refractivity contribution in [3.8, 4) is 0 Å². The van der Waals surface area contributed by atoms with E-state index in [1.54, 1.807) is 25.2 Å². The van der Waals surface area contributed by atoms with E-state index in [4.69, 9.17) is 4.42 Å². The van der Waals surface area contributed by atoms with Crippen LogP contribution in [-0.4, -0.2) is 45.7 Å². The lowest BCUT2D eigenvalue weighted by atomic mass is 9.92. The molecule has 0 N–H and O–H groups in total. The van der Waals surface area contributed by atoms with Crippen LogP contribution in [0.25, 0.3) is 0 Å². The predicted octanol–water partition coefficient (Wildman–Crippen LogP) is 3.09. The van der Waals surface area contributed by atoms with Gasteiger partial charge in [-0.05, 0) is 54.0 Å². The van der Waals surface area contributed by atoms with Crippen molar-refractivity contribution < 1.29 is 14.0 Å². The van der Waals surface area contributed by atoms with Gasteiger partial charge in [-0.3, -0.25) is 9.59 Å². The van der Waals surface area contributed by atoms with Crippen LogP contribution >= 0.6 is 11.3 Å². The molecule has 2 aromatic rings. The Kier molecular flexibility index (Phi) is 4.34. The van der Waals surface area contributed by atoms with Crippen LogP contribution < -0.4 is 0 Å². The number of carbonyl (C=O) groups is 2. The monoisotopic (exact) mass is 373 g/mol. The van der Waals surface area contributed by atoms with E-state index in [9.17, 15) is 9.59 Å². The fraction of sp³-hybridized carbons (Fsp3) is 0.526. The van der Waals surface area contributed by atoms with Crippen molar-refractivity contribution in [3.63, 3.8) is 0 Å². The molecule has 1 saturated carbocycles. The van der Waals surface area contributed by atoms with Crippen molar-refractivity contribution in [2.75, 3.05) is 13.1 Å². The maximum absolute atomic E-state index is 12.6. The van der Waals surface area contributed by atoms with E-state index in [0.717, 1.165) is 19.3 Å². The van der Waals surface area contributed by atoms with Crippen molar-refractivity contribution >= 4 is 23.2 Å². The van der Waals surface area contributed by atoms with Gasteiger partial charge in [0.2, 0.25) is 5.91 Å². The third-order valence-corrected chi connectivity index (χ3v) is 6.59. The smallest absolute Gasteiger partial charge is 0.276 e. The number of aryl methyl sites for hydroxylation is 1. The topological polar surface area (TPSA) is 66.7 Å². The highest BCUT2D eigenvalue weighted by Crippen LogP contribution is 2.57. The summed E-state index contributed by atoms with van der Waals surface area (Å²) in [7, 11) is 0. The number of thiophene rings is 1. The number of aromatic nitrogens is 1. The molecule has 1 atom stereocenters. The summed E-state index contributed by atoms with van der Waals surface area (Å²) in [4.78, 5) is 32.7. The molecule has 1 aliphatic heterocycles. The van der Waals surface area contributed by atoms with Gasteiger partial charge in [-0.2, -0.15) is 11.3 Å². The maximum atomic E-state index is 12.6. The average molecular weight is 373 g/mol. The van der Waals surface area contributed by atoms with Gasteiger partial charge in [0.05, 0.1) is 0 Å². The number of hydrogen-bond acceptors (Lipinski definition) is 5. The quantitative estimate of drug-likeness (QED) is 0.826. The van der Waals surface area contributed by atoms with Crippen molar-refractivity contribution in [3.05, 3.63) is 40.2 Å². The fourth-order valence-electron chi connectivity index (χ4n) is 4.14. The summed E-state index contributed by atoms with van der Waals surface area (Å²) in [6.45, 7) is 5.53. The first kappa shape index (κ1) is 17.3. The van der Waals surface area contributed by atoms with Gasteiger partial charge in [-0.25, -0.2) is 4.98 Å². The normalized spacial score (nSPS) is 21.0. The molecule has 3 heterocycles. The molecule has 138 valence electrons. The number of likely N-dealkylation sites (tertiary alicyclic amines) is 1. The third kappa shape index (κ3) is 3.05. The summed E-state index contributed by atoms with van der Waals surface area (Å²) >= 11 is 1.66. The first-order valence-corrected chi connectivity index (χ1v) is 9.92. The minimum absolute atomic E-state index is 0.0509. The molecule has 2 fully saturated rings. The summed E-state index contributed by atoms with van der Waals surface area (Å²) in [6, 6.07) is 2.38. The van der Waals surface area contributed by atoms with E-state index in [2.05, 4.69) is 16.4 Å². The number of piperidine rings is 1. The number of amides is 2. The van der Waals surface area contributed by atoms with Crippen LogP contribution in [0.1, 0.15) is 48.0 Å². The number of hydrogen-bond donors (Lipinski definition) is 0. The Morgan fingerprint density at radius 3 is 2.77 bits per heavy atom. The fourth-order valence-corrected chi connectivity index (χ4v) is 4.80. The van der Waals surface area contributed by atoms with Gasteiger partial charge in [-0.1, -0.05) is 0 Å². The van der Waals surface area contributed by atoms with E-state index in [0.29, 0.717) is 37.1 Å². The lowest BCUT2D eigenvalue weighted by Crippen LogP contribution is -2.42. The molecule has 0 radical (unpaired) electrons. The Morgan fingerprint density at radius 2 is 2.19 bits per heavy atom. The Balaban J connectivity index is 1.39. The van der Waals surface area contributed by atoms with Crippen LogP contribution in [0.4, 0.5) is 0 Å². The molecule has 0 unspecified atom stereocenters. The number of rotatable bonds is 4. The summed E-state index contributed by atoms with van der Waals surface area (Å²) in [6.07, 6.45) is 4.24. The van der Waals surface area contributed by atoms with E-state index < -0.39 is 0 Å². The highest BCUT2D eigenvalue weighted by atomic mass is 32.1. The van der Waals surface area contributed by atoms with E-state index in [1.165, 1.54) is 12.0 Å². The van der Waals surface area contributed by atoms with E-state index in [-0.39, 0.29) is 17.2 Å². The van der Waals surface area contributed by atoms with Crippen LogP contribution in [0.15, 0.2) is 27.6 Å². The summed E-state index contributed by atoms with van der Waals surface area (Å²) in [5, 5.41) is 4.15. The van der Waals surface area contributed by atoms with Gasteiger partial charge in [-0.15, -0.1) is 0 Å². The van der Waals surface area contributed by atoms with Crippen LogP contribution in [-0.2, 0) is 11.3 Å². The molecular formula is C19H23N3O3S. The predicted molar refractivity (Wildman–Crippen MR) is 97.8 cm³/mol. The molecule has 2 aromatic heterocycles. The van der Waals surface area contributed by atoms with Crippen molar-refractivity contribution in [1.82, 2.24) is 14.8 Å². The standard InChI is InChI=1S/C19H23N3O3S/c1-13-17(20-12-25-13)18(24)21-6-4-19(5-7-21)9-16(19)22(14(2)23)10-15-3-8-26-11-15/h3,8,11-12,16H,4-7,9-10H2,1-2H3/t16-/m0/s1. The zero-order valence-corrected chi connectivity index (χ0v) is 15.9. The second kappa shape index (κ2) is 6.54. The van der Waals surface area contributed by atoms with Gasteiger partial charge in [0.1, 0.15) is 5.76 Å². The Morgan fingerprint density at radius 1 is 1.42 bits per heavy atom. The Hall–Kier alpha value is -2.15. The largest absolute Gasteiger partial charge is 0.448 e. The summed E-state index contributed by atoms with van der Waals surface area (Å²) in [5.74, 6) is 0.651. The summed E-state index contributed by atoms with van der Waals surface area (Å²) < 4.78 is 5.15. The zero-order valence-electron chi connectivity index (χ0n) is 15.1. The van der Waals surface area contributed by atoms with E-state index in [1.807, 2.05) is 15.2 Å². The average Bonchev–Trinajstić information content (AvgIpc) is 2.98. The van der Waals surface area contributed by atoms with Gasteiger partial charge >= 0.3 is 0 Å². The van der Waals surface area contributed by atoms with Crippen LogP contribution in [0.2, 0.25) is 0 Å². The highest BCUT2D eigenvalue weighted by molar-refractivity contribution is 7.07. The van der Waals surface area contributed by atoms with Crippen LogP contribution in [0.5, 0.6) is 0 Å². The molecule has 2 amide bonds. The number of oxazole rings is 1. The molecule has 2 aliphatic rings.